The highest BCUT2D eigenvalue weighted by Gasteiger charge is 2.23. The van der Waals surface area contributed by atoms with E-state index in [2.05, 4.69) is 32.4 Å². The number of carbonyl (C=O) groups excluding carboxylic acids is 1. The highest BCUT2D eigenvalue weighted by Crippen LogP contribution is 2.28. The molecule has 9 heteroatoms. The van der Waals surface area contributed by atoms with E-state index in [1.165, 1.54) is 23.0 Å². The predicted molar refractivity (Wildman–Crippen MR) is 123 cm³/mol. The van der Waals surface area contributed by atoms with Crippen molar-refractivity contribution in [2.75, 3.05) is 37.6 Å². The molecule has 32 heavy (non-hydrogen) atoms. The zero-order valence-corrected chi connectivity index (χ0v) is 18.9. The quantitative estimate of drug-likeness (QED) is 0.612. The number of nitrogens with zero attached hydrogens (tertiary/aromatic N) is 5. The fourth-order valence-corrected chi connectivity index (χ4v) is 4.16. The van der Waals surface area contributed by atoms with E-state index >= 15 is 0 Å². The summed E-state index contributed by atoms with van der Waals surface area (Å²) >= 11 is 6.20. The van der Waals surface area contributed by atoms with Gasteiger partial charge in [-0.1, -0.05) is 35.9 Å². The van der Waals surface area contributed by atoms with Gasteiger partial charge in [-0.2, -0.15) is 0 Å². The van der Waals surface area contributed by atoms with Crippen molar-refractivity contribution in [1.82, 2.24) is 25.2 Å². The maximum Gasteiger partial charge on any atom is 0.273 e. The first kappa shape index (κ1) is 22.2. The van der Waals surface area contributed by atoms with E-state index in [-0.39, 0.29) is 17.4 Å². The zero-order chi connectivity index (χ0) is 22.7. The Morgan fingerprint density at radius 3 is 2.62 bits per heavy atom. The van der Waals surface area contributed by atoms with Crippen LogP contribution in [0.1, 0.15) is 35.9 Å². The van der Waals surface area contributed by atoms with Crippen LogP contribution in [0, 0.1) is 5.82 Å². The molecule has 1 unspecified atom stereocenters. The molecule has 3 aromatic rings. The highest BCUT2D eigenvalue weighted by atomic mass is 35.5. The van der Waals surface area contributed by atoms with Crippen molar-refractivity contribution in [2.24, 2.45) is 0 Å². The van der Waals surface area contributed by atoms with Crippen LogP contribution < -0.4 is 10.2 Å². The van der Waals surface area contributed by atoms with E-state index in [4.69, 9.17) is 11.6 Å². The number of rotatable bonds is 6. The summed E-state index contributed by atoms with van der Waals surface area (Å²) in [4.78, 5) is 17.5. The van der Waals surface area contributed by atoms with Crippen LogP contribution in [-0.2, 0) is 0 Å². The number of hydrogen-bond acceptors (Lipinski definition) is 5. The van der Waals surface area contributed by atoms with Gasteiger partial charge in [0.25, 0.3) is 5.91 Å². The van der Waals surface area contributed by atoms with E-state index in [1.54, 1.807) is 18.2 Å². The van der Waals surface area contributed by atoms with Crippen LogP contribution in [-0.4, -0.2) is 58.5 Å². The molecule has 0 spiro atoms. The second kappa shape index (κ2) is 9.67. The number of piperazine rings is 1. The SMILES string of the molecule is CCN1CCN(c2ccc(F)cc2C(C)NC(=O)c2cn(-c3ccccc3Cl)nn2)CC1. The minimum absolute atomic E-state index is 0.159. The Morgan fingerprint density at radius 2 is 1.91 bits per heavy atom. The molecule has 2 heterocycles. The first-order chi connectivity index (χ1) is 15.5. The third kappa shape index (κ3) is 4.76. The summed E-state index contributed by atoms with van der Waals surface area (Å²) in [5.74, 6) is -0.719. The lowest BCUT2D eigenvalue weighted by Crippen LogP contribution is -2.46. The van der Waals surface area contributed by atoms with Crippen molar-refractivity contribution in [1.29, 1.82) is 0 Å². The van der Waals surface area contributed by atoms with Gasteiger partial charge in [-0.05, 0) is 43.8 Å². The summed E-state index contributed by atoms with van der Waals surface area (Å²) in [7, 11) is 0. The van der Waals surface area contributed by atoms with Gasteiger partial charge >= 0.3 is 0 Å². The molecule has 1 fully saturated rings. The summed E-state index contributed by atoms with van der Waals surface area (Å²) < 4.78 is 15.6. The van der Waals surface area contributed by atoms with Crippen molar-refractivity contribution < 1.29 is 9.18 Å². The second-order valence-electron chi connectivity index (χ2n) is 7.82. The second-order valence-corrected chi connectivity index (χ2v) is 8.23. The van der Waals surface area contributed by atoms with Gasteiger partial charge in [-0.15, -0.1) is 5.10 Å². The number of amides is 1. The fourth-order valence-electron chi connectivity index (χ4n) is 3.94. The van der Waals surface area contributed by atoms with Crippen LogP contribution in [0.3, 0.4) is 0 Å². The van der Waals surface area contributed by atoms with Gasteiger partial charge in [-0.25, -0.2) is 9.07 Å². The summed E-state index contributed by atoms with van der Waals surface area (Å²) in [6.07, 6.45) is 1.53. The van der Waals surface area contributed by atoms with E-state index in [1.807, 2.05) is 19.1 Å². The summed E-state index contributed by atoms with van der Waals surface area (Å²) in [5, 5.41) is 11.4. The van der Waals surface area contributed by atoms with Gasteiger partial charge < -0.3 is 15.1 Å². The van der Waals surface area contributed by atoms with Crippen molar-refractivity contribution in [3.63, 3.8) is 0 Å². The number of aromatic nitrogens is 3. The zero-order valence-electron chi connectivity index (χ0n) is 18.1. The van der Waals surface area contributed by atoms with Crippen molar-refractivity contribution >= 4 is 23.2 Å². The normalized spacial score (nSPS) is 15.6. The number of carbonyl (C=O) groups is 1. The van der Waals surface area contributed by atoms with Gasteiger partial charge in [0.2, 0.25) is 0 Å². The molecular weight excluding hydrogens is 431 g/mol. The van der Waals surface area contributed by atoms with Gasteiger partial charge in [-0.3, -0.25) is 4.79 Å². The standard InChI is InChI=1S/C23H26ClFN6O/c1-3-29-10-12-30(13-11-29)21-9-8-17(25)14-18(21)16(2)26-23(32)20-15-31(28-27-20)22-7-5-4-6-19(22)24/h4-9,14-16H,3,10-13H2,1-2H3,(H,26,32). The lowest BCUT2D eigenvalue weighted by Gasteiger charge is -2.37. The van der Waals surface area contributed by atoms with Gasteiger partial charge in [0, 0.05) is 37.4 Å². The third-order valence-corrected chi connectivity index (χ3v) is 6.11. The number of nitrogens with one attached hydrogen (secondary N) is 1. The molecule has 1 saturated heterocycles. The number of benzene rings is 2. The van der Waals surface area contributed by atoms with Crippen LogP contribution in [0.5, 0.6) is 0 Å². The van der Waals surface area contributed by atoms with E-state index in [0.717, 1.165) is 44.0 Å². The molecule has 0 aliphatic carbocycles. The smallest absolute Gasteiger partial charge is 0.273 e. The Labute approximate surface area is 191 Å². The lowest BCUT2D eigenvalue weighted by molar-refractivity contribution is 0.0934. The summed E-state index contributed by atoms with van der Waals surface area (Å²) in [6.45, 7) is 8.65. The molecule has 7 nitrogen and oxygen atoms in total. The van der Waals surface area contributed by atoms with Crippen LogP contribution in [0.2, 0.25) is 5.02 Å². The van der Waals surface area contributed by atoms with Crippen LogP contribution >= 0.6 is 11.6 Å². The van der Waals surface area contributed by atoms with Crippen molar-refractivity contribution in [2.45, 2.75) is 19.9 Å². The third-order valence-electron chi connectivity index (χ3n) is 5.79. The molecule has 1 aliphatic heterocycles. The Bertz CT molecular complexity index is 1100. The molecule has 1 atom stereocenters. The maximum atomic E-state index is 14.1. The molecule has 2 aromatic carbocycles. The molecular formula is C23H26ClFN6O. The first-order valence-electron chi connectivity index (χ1n) is 10.7. The van der Waals surface area contributed by atoms with E-state index in [9.17, 15) is 9.18 Å². The average Bonchev–Trinajstić information content (AvgIpc) is 3.29. The van der Waals surface area contributed by atoms with Crippen molar-refractivity contribution in [3.8, 4) is 5.69 Å². The molecule has 1 aliphatic rings. The number of likely N-dealkylation sites (N-methyl/N-ethyl adjacent to an activating group) is 1. The average molecular weight is 457 g/mol. The maximum absolute atomic E-state index is 14.1. The van der Waals surface area contributed by atoms with Gasteiger partial charge in [0.05, 0.1) is 22.9 Å². The molecule has 168 valence electrons. The van der Waals surface area contributed by atoms with Crippen molar-refractivity contribution in [3.05, 3.63) is 70.8 Å². The molecule has 1 amide bonds. The lowest BCUT2D eigenvalue weighted by atomic mass is 10.0. The fraction of sp³-hybridized carbons (Fsp3) is 0.348. The molecule has 1 N–H and O–H groups in total. The van der Waals surface area contributed by atoms with Gasteiger partial charge in [0.1, 0.15) is 5.82 Å². The van der Waals surface area contributed by atoms with Crippen LogP contribution in [0.4, 0.5) is 10.1 Å². The van der Waals surface area contributed by atoms with E-state index in [0.29, 0.717) is 10.7 Å². The number of hydrogen-bond donors (Lipinski definition) is 1. The Kier molecular flexibility index (Phi) is 6.72. The van der Waals surface area contributed by atoms with Crippen LogP contribution in [0.15, 0.2) is 48.7 Å². The van der Waals surface area contributed by atoms with Gasteiger partial charge in [0.15, 0.2) is 5.69 Å². The van der Waals surface area contributed by atoms with E-state index < -0.39 is 6.04 Å². The summed E-state index contributed by atoms with van der Waals surface area (Å²) in [6, 6.07) is 11.5. The molecule has 0 saturated carbocycles. The topological polar surface area (TPSA) is 66.3 Å². The van der Waals surface area contributed by atoms with Crippen LogP contribution in [0.25, 0.3) is 5.69 Å². The minimum atomic E-state index is -0.414. The Balaban J connectivity index is 1.51. The number of halogens is 2. The molecule has 0 bridgehead atoms. The predicted octanol–water partition coefficient (Wildman–Crippen LogP) is 3.69. The molecule has 0 radical (unpaired) electrons. The highest BCUT2D eigenvalue weighted by molar-refractivity contribution is 6.32. The number of para-hydroxylation sites is 1. The number of anilines is 1. The monoisotopic (exact) mass is 456 g/mol. The largest absolute Gasteiger partial charge is 0.369 e. The molecule has 4 rings (SSSR count). The Morgan fingerprint density at radius 1 is 1.16 bits per heavy atom. The minimum Gasteiger partial charge on any atom is -0.369 e. The summed E-state index contributed by atoms with van der Waals surface area (Å²) in [5.41, 5.74) is 2.47. The first-order valence-corrected chi connectivity index (χ1v) is 11.1. The Hall–Kier alpha value is -2.97. The molecule has 1 aromatic heterocycles.